The summed E-state index contributed by atoms with van der Waals surface area (Å²) in [6.45, 7) is 0.791. The van der Waals surface area contributed by atoms with Crippen LogP contribution in [0.1, 0.15) is 11.1 Å². The van der Waals surface area contributed by atoms with E-state index in [1.807, 2.05) is 0 Å². The van der Waals surface area contributed by atoms with Crippen molar-refractivity contribution in [3.05, 3.63) is 58.4 Å². The first-order valence-electron chi connectivity index (χ1n) is 7.10. The number of hydrogen-bond donors (Lipinski definition) is 0. The van der Waals surface area contributed by atoms with Crippen LogP contribution in [0.2, 0.25) is 5.02 Å². The largest absolute Gasteiger partial charge is 0.486 e. The Balaban J connectivity index is 1.61. The number of halogens is 2. The summed E-state index contributed by atoms with van der Waals surface area (Å²) in [6.07, 6.45) is 0.0582. The molecule has 0 atom stereocenters. The topological polar surface area (TPSA) is 44.8 Å². The molecule has 0 N–H and O–H groups in total. The molecule has 0 saturated carbocycles. The number of esters is 1. The molecule has 23 heavy (non-hydrogen) atoms. The third-order valence-electron chi connectivity index (χ3n) is 3.39. The van der Waals surface area contributed by atoms with Crippen LogP contribution in [-0.4, -0.2) is 19.2 Å². The van der Waals surface area contributed by atoms with E-state index in [1.165, 1.54) is 12.1 Å². The quantitative estimate of drug-likeness (QED) is 0.801. The van der Waals surface area contributed by atoms with Gasteiger partial charge < -0.3 is 14.2 Å². The molecule has 3 rings (SSSR count). The lowest BCUT2D eigenvalue weighted by molar-refractivity contribution is -0.144. The van der Waals surface area contributed by atoms with Crippen LogP contribution in [0.5, 0.6) is 11.5 Å². The van der Waals surface area contributed by atoms with Crippen molar-refractivity contribution in [1.29, 1.82) is 0 Å². The van der Waals surface area contributed by atoms with Crippen molar-refractivity contribution in [3.63, 3.8) is 0 Å². The highest BCUT2D eigenvalue weighted by atomic mass is 35.5. The third kappa shape index (κ3) is 3.74. The Morgan fingerprint density at radius 3 is 2.74 bits per heavy atom. The Morgan fingerprint density at radius 1 is 1.17 bits per heavy atom. The molecule has 2 aromatic rings. The second kappa shape index (κ2) is 6.87. The minimum absolute atomic E-state index is 0.0582. The first-order chi connectivity index (χ1) is 11.1. The normalized spacial score (nSPS) is 12.8. The monoisotopic (exact) mass is 336 g/mol. The van der Waals surface area contributed by atoms with Crippen molar-refractivity contribution in [3.8, 4) is 11.5 Å². The SMILES string of the molecule is O=C(Cc1ccc2c(c1)OCCO2)OCc1c(F)cccc1Cl. The van der Waals surface area contributed by atoms with E-state index in [1.54, 1.807) is 24.3 Å². The van der Waals surface area contributed by atoms with Crippen LogP contribution in [0, 0.1) is 5.82 Å². The molecule has 0 saturated heterocycles. The maximum atomic E-state index is 13.6. The summed E-state index contributed by atoms with van der Waals surface area (Å²) < 4.78 is 29.6. The Kier molecular flexibility index (Phi) is 4.67. The molecule has 0 amide bonds. The molecule has 1 heterocycles. The van der Waals surface area contributed by atoms with Gasteiger partial charge in [0, 0.05) is 5.56 Å². The van der Waals surface area contributed by atoms with Gasteiger partial charge in [-0.05, 0) is 29.8 Å². The second-order valence-electron chi connectivity index (χ2n) is 5.02. The van der Waals surface area contributed by atoms with Crippen molar-refractivity contribution in [2.45, 2.75) is 13.0 Å². The molecule has 6 heteroatoms. The van der Waals surface area contributed by atoms with Crippen LogP contribution in [0.3, 0.4) is 0 Å². The van der Waals surface area contributed by atoms with E-state index in [2.05, 4.69) is 0 Å². The van der Waals surface area contributed by atoms with Gasteiger partial charge in [0.1, 0.15) is 25.6 Å². The highest BCUT2D eigenvalue weighted by Crippen LogP contribution is 2.31. The van der Waals surface area contributed by atoms with Crippen LogP contribution in [0.15, 0.2) is 36.4 Å². The molecule has 0 spiro atoms. The third-order valence-corrected chi connectivity index (χ3v) is 3.75. The van der Waals surface area contributed by atoms with Crippen LogP contribution in [0.4, 0.5) is 4.39 Å². The molecule has 1 aliphatic heterocycles. The summed E-state index contributed by atoms with van der Waals surface area (Å²) in [4.78, 5) is 11.9. The molecule has 2 aromatic carbocycles. The van der Waals surface area contributed by atoms with E-state index in [0.29, 0.717) is 24.7 Å². The van der Waals surface area contributed by atoms with E-state index in [0.717, 1.165) is 5.56 Å². The summed E-state index contributed by atoms with van der Waals surface area (Å²) in [5, 5.41) is 0.233. The van der Waals surface area contributed by atoms with Gasteiger partial charge in [-0.15, -0.1) is 0 Å². The first kappa shape index (κ1) is 15.6. The zero-order valence-electron chi connectivity index (χ0n) is 12.2. The summed E-state index contributed by atoms with van der Waals surface area (Å²) in [5.74, 6) is 0.302. The number of hydrogen-bond acceptors (Lipinski definition) is 4. The Bertz CT molecular complexity index is 712. The van der Waals surface area contributed by atoms with Crippen molar-refractivity contribution >= 4 is 17.6 Å². The molecule has 120 valence electrons. The van der Waals surface area contributed by atoms with Gasteiger partial charge in [0.25, 0.3) is 0 Å². The van der Waals surface area contributed by atoms with Crippen LogP contribution >= 0.6 is 11.6 Å². The van der Waals surface area contributed by atoms with E-state index < -0.39 is 11.8 Å². The highest BCUT2D eigenvalue weighted by Gasteiger charge is 2.15. The number of carbonyl (C=O) groups excluding carboxylic acids is 1. The molecule has 0 aromatic heterocycles. The molecule has 0 bridgehead atoms. The number of benzene rings is 2. The van der Waals surface area contributed by atoms with Gasteiger partial charge in [-0.1, -0.05) is 23.7 Å². The van der Waals surface area contributed by atoms with E-state index in [-0.39, 0.29) is 23.6 Å². The first-order valence-corrected chi connectivity index (χ1v) is 7.48. The van der Waals surface area contributed by atoms with Gasteiger partial charge >= 0.3 is 5.97 Å². The fourth-order valence-corrected chi connectivity index (χ4v) is 2.46. The Labute approximate surface area is 137 Å². The number of ether oxygens (including phenoxy) is 3. The average molecular weight is 337 g/mol. The van der Waals surface area contributed by atoms with Gasteiger partial charge in [0.05, 0.1) is 11.4 Å². The lowest BCUT2D eigenvalue weighted by Crippen LogP contribution is -2.16. The number of rotatable bonds is 4. The van der Waals surface area contributed by atoms with Crippen LogP contribution < -0.4 is 9.47 Å². The van der Waals surface area contributed by atoms with Gasteiger partial charge in [0.2, 0.25) is 0 Å². The summed E-state index contributed by atoms with van der Waals surface area (Å²) in [7, 11) is 0. The molecule has 0 fully saturated rings. The highest BCUT2D eigenvalue weighted by molar-refractivity contribution is 6.31. The molecular formula is C17H14ClFO4. The minimum atomic E-state index is -0.496. The zero-order chi connectivity index (χ0) is 16.2. The standard InChI is InChI=1S/C17H14ClFO4/c18-13-2-1-3-14(19)12(13)10-23-17(20)9-11-4-5-15-16(8-11)22-7-6-21-15/h1-5,8H,6-7,9-10H2. The van der Waals surface area contributed by atoms with Gasteiger partial charge in [0.15, 0.2) is 11.5 Å². The maximum absolute atomic E-state index is 13.6. The van der Waals surface area contributed by atoms with Gasteiger partial charge in [-0.25, -0.2) is 4.39 Å². The average Bonchev–Trinajstić information content (AvgIpc) is 2.54. The molecule has 0 radical (unpaired) electrons. The summed E-state index contributed by atoms with van der Waals surface area (Å²) in [5.41, 5.74) is 0.906. The lowest BCUT2D eigenvalue weighted by Gasteiger charge is -2.18. The lowest BCUT2D eigenvalue weighted by atomic mass is 10.1. The predicted octanol–water partition coefficient (Wildman–Crippen LogP) is 3.54. The van der Waals surface area contributed by atoms with E-state index in [9.17, 15) is 9.18 Å². The van der Waals surface area contributed by atoms with E-state index in [4.69, 9.17) is 25.8 Å². The minimum Gasteiger partial charge on any atom is -0.486 e. The van der Waals surface area contributed by atoms with Crippen molar-refractivity contribution in [2.75, 3.05) is 13.2 Å². The zero-order valence-corrected chi connectivity index (χ0v) is 12.9. The Morgan fingerprint density at radius 2 is 1.96 bits per heavy atom. The fraction of sp³-hybridized carbons (Fsp3) is 0.235. The van der Waals surface area contributed by atoms with Crippen molar-refractivity contribution < 1.29 is 23.4 Å². The number of fused-ring (bicyclic) bond motifs is 1. The van der Waals surface area contributed by atoms with Crippen molar-refractivity contribution in [2.24, 2.45) is 0 Å². The predicted molar refractivity (Wildman–Crippen MR) is 82.3 cm³/mol. The summed E-state index contributed by atoms with van der Waals surface area (Å²) in [6, 6.07) is 9.59. The summed E-state index contributed by atoms with van der Waals surface area (Å²) >= 11 is 5.89. The fourth-order valence-electron chi connectivity index (χ4n) is 2.24. The molecule has 0 aliphatic carbocycles. The van der Waals surface area contributed by atoms with E-state index >= 15 is 0 Å². The smallest absolute Gasteiger partial charge is 0.310 e. The van der Waals surface area contributed by atoms with Gasteiger partial charge in [-0.2, -0.15) is 0 Å². The molecule has 4 nitrogen and oxygen atoms in total. The second-order valence-corrected chi connectivity index (χ2v) is 5.42. The Hall–Kier alpha value is -2.27. The van der Waals surface area contributed by atoms with Crippen LogP contribution in [0.25, 0.3) is 0 Å². The molecule has 1 aliphatic rings. The van der Waals surface area contributed by atoms with Crippen LogP contribution in [-0.2, 0) is 22.6 Å². The van der Waals surface area contributed by atoms with Crippen molar-refractivity contribution in [1.82, 2.24) is 0 Å². The molecule has 0 unspecified atom stereocenters. The maximum Gasteiger partial charge on any atom is 0.310 e. The molecular weight excluding hydrogens is 323 g/mol. The van der Waals surface area contributed by atoms with Gasteiger partial charge in [-0.3, -0.25) is 4.79 Å². The number of carbonyl (C=O) groups is 1.